The molecule has 2 aromatic rings. The van der Waals surface area contributed by atoms with Crippen LogP contribution >= 0.6 is 27.3 Å². The van der Waals surface area contributed by atoms with Gasteiger partial charge in [0.2, 0.25) is 5.91 Å². The summed E-state index contributed by atoms with van der Waals surface area (Å²) >= 11 is 5.15. The first-order valence-corrected chi connectivity index (χ1v) is 8.13. The van der Waals surface area contributed by atoms with E-state index < -0.39 is 0 Å². The van der Waals surface area contributed by atoms with E-state index in [2.05, 4.69) is 26.6 Å². The maximum absolute atomic E-state index is 11.2. The number of carbonyl (C=O) groups excluding carboxylic acids is 1. The number of benzene rings is 1. The summed E-state index contributed by atoms with van der Waals surface area (Å²) in [4.78, 5) is 12.3. The van der Waals surface area contributed by atoms with Gasteiger partial charge < -0.3 is 15.4 Å². The van der Waals surface area contributed by atoms with Gasteiger partial charge in [0.25, 0.3) is 0 Å². The Morgan fingerprint density at radius 3 is 2.86 bits per heavy atom. The molecule has 112 valence electrons. The molecule has 0 aliphatic heterocycles. The minimum atomic E-state index is -0.0582. The summed E-state index contributed by atoms with van der Waals surface area (Å²) in [7, 11) is 1.68. The molecule has 2 N–H and O–H groups in total. The molecule has 0 spiro atoms. The van der Waals surface area contributed by atoms with Gasteiger partial charge in [0, 0.05) is 34.6 Å². The summed E-state index contributed by atoms with van der Waals surface area (Å²) in [5, 5.41) is 8.21. The smallest absolute Gasteiger partial charge is 0.221 e. The number of halogens is 1. The molecule has 0 aliphatic carbocycles. The van der Waals surface area contributed by atoms with Gasteiger partial charge in [-0.2, -0.15) is 0 Å². The number of thiophene rings is 1. The number of hydrogen-bond acceptors (Lipinski definition) is 4. The fraction of sp³-hybridized carbons (Fsp3) is 0.267. The highest BCUT2D eigenvalue weighted by Gasteiger charge is 2.09. The van der Waals surface area contributed by atoms with Crippen molar-refractivity contribution >= 4 is 44.5 Å². The number of hydrogen-bond donors (Lipinski definition) is 2. The Bertz CT molecular complexity index is 628. The van der Waals surface area contributed by atoms with Crippen LogP contribution in [0.25, 0.3) is 0 Å². The molecule has 2 rings (SSSR count). The SMILES string of the molecule is COCc1c(Br)cccc1NCc1sccc1NC(C)=O. The van der Waals surface area contributed by atoms with Crippen molar-refractivity contribution in [3.05, 3.63) is 44.6 Å². The molecule has 0 saturated carbocycles. The van der Waals surface area contributed by atoms with Crippen LogP contribution in [-0.2, 0) is 22.7 Å². The average molecular weight is 369 g/mol. The summed E-state index contributed by atoms with van der Waals surface area (Å²) in [5.74, 6) is -0.0582. The van der Waals surface area contributed by atoms with E-state index in [0.29, 0.717) is 13.2 Å². The molecule has 21 heavy (non-hydrogen) atoms. The third-order valence-electron chi connectivity index (χ3n) is 2.90. The quantitative estimate of drug-likeness (QED) is 0.801. The van der Waals surface area contributed by atoms with Crippen molar-refractivity contribution in [2.24, 2.45) is 0 Å². The largest absolute Gasteiger partial charge is 0.380 e. The molecule has 1 aromatic heterocycles. The maximum atomic E-state index is 11.2. The number of ether oxygens (including phenoxy) is 1. The second kappa shape index (κ2) is 7.59. The van der Waals surface area contributed by atoms with Gasteiger partial charge in [0.1, 0.15) is 0 Å². The molecule has 0 fully saturated rings. The van der Waals surface area contributed by atoms with Crippen molar-refractivity contribution < 1.29 is 9.53 Å². The molecule has 6 heteroatoms. The Kier molecular flexibility index (Phi) is 5.78. The van der Waals surface area contributed by atoms with Gasteiger partial charge >= 0.3 is 0 Å². The van der Waals surface area contributed by atoms with Crippen LogP contribution in [0.2, 0.25) is 0 Å². The highest BCUT2D eigenvalue weighted by Crippen LogP contribution is 2.28. The second-order valence-electron chi connectivity index (χ2n) is 4.49. The van der Waals surface area contributed by atoms with Crippen molar-refractivity contribution in [2.75, 3.05) is 17.7 Å². The minimum Gasteiger partial charge on any atom is -0.380 e. The fourth-order valence-electron chi connectivity index (χ4n) is 1.97. The first-order chi connectivity index (χ1) is 10.1. The predicted octanol–water partition coefficient (Wildman–Crippen LogP) is 4.23. The Labute approximate surface area is 136 Å². The van der Waals surface area contributed by atoms with Crippen molar-refractivity contribution in [2.45, 2.75) is 20.1 Å². The zero-order chi connectivity index (χ0) is 15.2. The van der Waals surface area contributed by atoms with Crippen molar-refractivity contribution in [3.8, 4) is 0 Å². The molecule has 0 bridgehead atoms. The van der Waals surface area contributed by atoms with Gasteiger partial charge in [0.15, 0.2) is 0 Å². The Morgan fingerprint density at radius 2 is 2.14 bits per heavy atom. The van der Waals surface area contributed by atoms with Gasteiger partial charge in [-0.1, -0.05) is 22.0 Å². The van der Waals surface area contributed by atoms with Crippen LogP contribution in [0.4, 0.5) is 11.4 Å². The summed E-state index contributed by atoms with van der Waals surface area (Å²) in [5.41, 5.74) is 2.97. The van der Waals surface area contributed by atoms with E-state index in [1.165, 1.54) is 6.92 Å². The number of carbonyl (C=O) groups is 1. The van der Waals surface area contributed by atoms with E-state index in [1.54, 1.807) is 18.4 Å². The molecule has 0 saturated heterocycles. The lowest BCUT2D eigenvalue weighted by Crippen LogP contribution is -2.09. The molecule has 0 radical (unpaired) electrons. The van der Waals surface area contributed by atoms with E-state index in [-0.39, 0.29) is 5.91 Å². The van der Waals surface area contributed by atoms with E-state index in [0.717, 1.165) is 26.3 Å². The molecule has 1 amide bonds. The summed E-state index contributed by atoms with van der Waals surface area (Å²) in [6.07, 6.45) is 0. The lowest BCUT2D eigenvalue weighted by Gasteiger charge is -2.13. The molecule has 0 atom stereocenters. The van der Waals surface area contributed by atoms with Crippen LogP contribution in [0.5, 0.6) is 0 Å². The topological polar surface area (TPSA) is 50.4 Å². The van der Waals surface area contributed by atoms with Crippen LogP contribution in [-0.4, -0.2) is 13.0 Å². The van der Waals surface area contributed by atoms with Gasteiger partial charge in [0.05, 0.1) is 18.8 Å². The highest BCUT2D eigenvalue weighted by atomic mass is 79.9. The van der Waals surface area contributed by atoms with Gasteiger partial charge in [-0.05, 0) is 23.6 Å². The van der Waals surface area contributed by atoms with Crippen LogP contribution in [0.1, 0.15) is 17.4 Å². The number of anilines is 2. The number of methoxy groups -OCH3 is 1. The maximum Gasteiger partial charge on any atom is 0.221 e. The Morgan fingerprint density at radius 1 is 1.33 bits per heavy atom. The highest BCUT2D eigenvalue weighted by molar-refractivity contribution is 9.10. The van der Waals surface area contributed by atoms with E-state index in [4.69, 9.17) is 4.74 Å². The molecule has 1 heterocycles. The van der Waals surface area contributed by atoms with Crippen molar-refractivity contribution in [1.82, 2.24) is 0 Å². The molecule has 0 unspecified atom stereocenters. The lowest BCUT2D eigenvalue weighted by atomic mass is 10.2. The zero-order valence-electron chi connectivity index (χ0n) is 11.9. The van der Waals surface area contributed by atoms with E-state index in [1.807, 2.05) is 29.6 Å². The van der Waals surface area contributed by atoms with Crippen molar-refractivity contribution in [1.29, 1.82) is 0 Å². The van der Waals surface area contributed by atoms with Crippen molar-refractivity contribution in [3.63, 3.8) is 0 Å². The predicted molar refractivity (Wildman–Crippen MR) is 90.8 cm³/mol. The van der Waals surface area contributed by atoms with Gasteiger partial charge in [-0.3, -0.25) is 4.79 Å². The average Bonchev–Trinajstić information content (AvgIpc) is 2.86. The normalized spacial score (nSPS) is 10.4. The third kappa shape index (κ3) is 4.30. The fourth-order valence-corrected chi connectivity index (χ4v) is 3.22. The molecule has 0 aliphatic rings. The van der Waals surface area contributed by atoms with Crippen LogP contribution < -0.4 is 10.6 Å². The molecule has 4 nitrogen and oxygen atoms in total. The minimum absolute atomic E-state index is 0.0582. The molecule has 1 aromatic carbocycles. The van der Waals surface area contributed by atoms with Crippen LogP contribution in [0.3, 0.4) is 0 Å². The zero-order valence-corrected chi connectivity index (χ0v) is 14.3. The standard InChI is InChI=1S/C15H17BrN2O2S/c1-10(19)18-14-6-7-21-15(14)8-17-13-5-3-4-12(16)11(13)9-20-2/h3-7,17H,8-9H2,1-2H3,(H,18,19). The lowest BCUT2D eigenvalue weighted by molar-refractivity contribution is -0.114. The first-order valence-electron chi connectivity index (χ1n) is 6.46. The van der Waals surface area contributed by atoms with Gasteiger partial charge in [-0.25, -0.2) is 0 Å². The Balaban J connectivity index is 2.12. The first kappa shape index (κ1) is 16.0. The number of nitrogens with one attached hydrogen (secondary N) is 2. The molecular formula is C15H17BrN2O2S. The van der Waals surface area contributed by atoms with E-state index >= 15 is 0 Å². The van der Waals surface area contributed by atoms with Gasteiger partial charge in [-0.15, -0.1) is 11.3 Å². The summed E-state index contributed by atoms with van der Waals surface area (Å²) in [6.45, 7) is 2.70. The Hall–Kier alpha value is -1.37. The van der Waals surface area contributed by atoms with Crippen LogP contribution in [0, 0.1) is 0 Å². The number of amides is 1. The summed E-state index contributed by atoms with van der Waals surface area (Å²) < 4.78 is 6.25. The third-order valence-corrected chi connectivity index (χ3v) is 4.57. The number of rotatable bonds is 6. The summed E-state index contributed by atoms with van der Waals surface area (Å²) in [6, 6.07) is 7.91. The van der Waals surface area contributed by atoms with E-state index in [9.17, 15) is 4.79 Å². The second-order valence-corrected chi connectivity index (χ2v) is 6.35. The molecular weight excluding hydrogens is 352 g/mol. The van der Waals surface area contributed by atoms with Crippen LogP contribution in [0.15, 0.2) is 34.1 Å². The monoisotopic (exact) mass is 368 g/mol.